The molecule has 2 aromatic rings. The first-order valence-electron chi connectivity index (χ1n) is 12.8. The van der Waals surface area contributed by atoms with E-state index in [9.17, 15) is 14.9 Å². The Morgan fingerprint density at radius 1 is 0.972 bits per heavy atom. The quantitative estimate of drug-likeness (QED) is 0.271. The van der Waals surface area contributed by atoms with Gasteiger partial charge in [0.05, 0.1) is 13.1 Å². The van der Waals surface area contributed by atoms with Crippen LogP contribution in [0, 0.1) is 11.5 Å². The molecule has 0 bridgehead atoms. The Balaban J connectivity index is 1.48. The zero-order valence-corrected chi connectivity index (χ0v) is 20.6. The minimum absolute atomic E-state index is 0.00380. The molecule has 1 unspecified atom stereocenters. The molecular weight excluding hydrogens is 452 g/mol. The molecule has 2 fully saturated rings. The Labute approximate surface area is 213 Å². The maximum atomic E-state index is 13.3. The van der Waals surface area contributed by atoms with Crippen molar-refractivity contribution in [1.82, 2.24) is 20.4 Å². The van der Waals surface area contributed by atoms with Gasteiger partial charge in [0.25, 0.3) is 0 Å². The second-order valence-corrected chi connectivity index (χ2v) is 9.34. The minimum atomic E-state index is -0.537. The van der Waals surface area contributed by atoms with Gasteiger partial charge >= 0.3 is 0 Å². The third-order valence-corrected chi connectivity index (χ3v) is 6.89. The summed E-state index contributed by atoms with van der Waals surface area (Å²) in [6.45, 7) is 2.63. The predicted octanol–water partition coefficient (Wildman–Crippen LogP) is 2.84. The van der Waals surface area contributed by atoms with Gasteiger partial charge in [-0.1, -0.05) is 60.7 Å². The van der Waals surface area contributed by atoms with Crippen molar-refractivity contribution >= 4 is 17.8 Å². The highest BCUT2D eigenvalue weighted by Crippen LogP contribution is 2.25. The molecule has 2 aromatic carbocycles. The molecule has 2 amide bonds. The van der Waals surface area contributed by atoms with Crippen molar-refractivity contribution in [2.45, 2.75) is 44.1 Å². The molecule has 0 radical (unpaired) electrons. The number of amides is 2. The molecule has 36 heavy (non-hydrogen) atoms. The van der Waals surface area contributed by atoms with Gasteiger partial charge < -0.3 is 15.1 Å². The van der Waals surface area contributed by atoms with E-state index in [4.69, 9.17) is 4.99 Å². The van der Waals surface area contributed by atoms with Crippen LogP contribution in [0.3, 0.4) is 0 Å². The average molecular weight is 487 g/mol. The van der Waals surface area contributed by atoms with Crippen LogP contribution in [0.2, 0.25) is 0 Å². The van der Waals surface area contributed by atoms with Gasteiger partial charge in [0.2, 0.25) is 17.8 Å². The lowest BCUT2D eigenvalue weighted by atomic mass is 9.91. The van der Waals surface area contributed by atoms with E-state index in [0.717, 1.165) is 49.9 Å². The molecule has 0 aliphatic carbocycles. The highest BCUT2D eigenvalue weighted by atomic mass is 16.2. The van der Waals surface area contributed by atoms with E-state index in [-0.39, 0.29) is 30.2 Å². The molecule has 2 saturated heterocycles. The lowest BCUT2D eigenvalue weighted by Crippen LogP contribution is -2.52. The molecule has 2 heterocycles. The molecule has 188 valence electrons. The van der Waals surface area contributed by atoms with Crippen LogP contribution in [-0.4, -0.2) is 66.3 Å². The number of hydrogen-bond donors (Lipinski definition) is 2. The first-order chi connectivity index (χ1) is 17.7. The molecule has 8 nitrogen and oxygen atoms in total. The summed E-state index contributed by atoms with van der Waals surface area (Å²) in [6, 6.07) is 19.7. The van der Waals surface area contributed by atoms with Crippen LogP contribution < -0.4 is 10.6 Å². The summed E-state index contributed by atoms with van der Waals surface area (Å²) in [5, 5.41) is 15.2. The molecule has 1 atom stereocenters. The molecule has 0 saturated carbocycles. The second-order valence-electron chi connectivity index (χ2n) is 9.34. The van der Waals surface area contributed by atoms with Crippen LogP contribution in [0.4, 0.5) is 0 Å². The Bertz CT molecular complexity index is 1040. The fraction of sp³-hybridized carbons (Fsp3) is 0.429. The number of likely N-dealkylation sites (tertiary alicyclic amines) is 2. The van der Waals surface area contributed by atoms with Gasteiger partial charge in [0.15, 0.2) is 6.19 Å². The molecule has 4 rings (SSSR count). The standard InChI is InChI=1S/C28H34N6O2/c29-21-31-28(30-19-24(22-11-3-1-4-12-22)23-13-5-2-6-14-23)32-25-15-7-8-18-34(27(25)36)20-26(35)33-16-9-10-17-33/h1-6,11-14,24-25H,7-10,15-20H2,(H2,30,31,32). The highest BCUT2D eigenvalue weighted by molar-refractivity contribution is 5.92. The van der Waals surface area contributed by atoms with Gasteiger partial charge in [0, 0.05) is 25.6 Å². The van der Waals surface area contributed by atoms with E-state index in [1.165, 1.54) is 0 Å². The van der Waals surface area contributed by atoms with Crippen LogP contribution in [-0.2, 0) is 9.59 Å². The normalized spacial score (nSPS) is 18.6. The number of nitrogens with zero attached hydrogens (tertiary/aromatic N) is 4. The molecule has 2 aliphatic heterocycles. The van der Waals surface area contributed by atoms with Gasteiger partial charge in [0.1, 0.15) is 6.04 Å². The maximum absolute atomic E-state index is 13.3. The Hall–Kier alpha value is -3.86. The van der Waals surface area contributed by atoms with Gasteiger partial charge in [-0.2, -0.15) is 5.26 Å². The Morgan fingerprint density at radius 2 is 1.58 bits per heavy atom. The van der Waals surface area contributed by atoms with E-state index in [1.54, 1.807) is 4.90 Å². The SMILES string of the molecule is N#CNC(=NCC(c1ccccc1)c1ccccc1)NC1CCCCN(CC(=O)N2CCCC2)C1=O. The van der Waals surface area contributed by atoms with Gasteiger partial charge in [-0.25, -0.2) is 0 Å². The number of benzene rings is 2. The minimum Gasteiger partial charge on any atom is -0.344 e. The summed E-state index contributed by atoms with van der Waals surface area (Å²) in [5.41, 5.74) is 2.25. The molecule has 2 N–H and O–H groups in total. The van der Waals surface area contributed by atoms with Crippen LogP contribution in [0.1, 0.15) is 49.1 Å². The number of nitrogens with one attached hydrogen (secondary N) is 2. The van der Waals surface area contributed by atoms with Crippen molar-refractivity contribution in [3.8, 4) is 6.19 Å². The van der Waals surface area contributed by atoms with E-state index >= 15 is 0 Å². The number of aliphatic imine (C=N–C) groups is 1. The zero-order chi connectivity index (χ0) is 25.2. The van der Waals surface area contributed by atoms with Crippen LogP contribution in [0.5, 0.6) is 0 Å². The molecule has 0 spiro atoms. The largest absolute Gasteiger partial charge is 0.344 e. The third-order valence-electron chi connectivity index (χ3n) is 6.89. The number of carbonyl (C=O) groups excluding carboxylic acids is 2. The van der Waals surface area contributed by atoms with Crippen LogP contribution in [0.25, 0.3) is 0 Å². The van der Waals surface area contributed by atoms with Crippen molar-refractivity contribution in [2.24, 2.45) is 4.99 Å². The van der Waals surface area contributed by atoms with Crippen LogP contribution >= 0.6 is 0 Å². The maximum Gasteiger partial charge on any atom is 0.245 e. The first kappa shape index (κ1) is 25.2. The second kappa shape index (κ2) is 12.7. The lowest BCUT2D eigenvalue weighted by Gasteiger charge is -2.27. The van der Waals surface area contributed by atoms with E-state index in [2.05, 4.69) is 34.9 Å². The first-order valence-corrected chi connectivity index (χ1v) is 12.8. The van der Waals surface area contributed by atoms with E-state index in [0.29, 0.717) is 19.5 Å². The van der Waals surface area contributed by atoms with E-state index in [1.807, 2.05) is 47.5 Å². The third kappa shape index (κ3) is 6.63. The number of carbonyl (C=O) groups is 2. The summed E-state index contributed by atoms with van der Waals surface area (Å²) in [6.07, 6.45) is 6.32. The lowest BCUT2D eigenvalue weighted by molar-refractivity contribution is -0.140. The smallest absolute Gasteiger partial charge is 0.245 e. The van der Waals surface area contributed by atoms with Gasteiger partial charge in [-0.3, -0.25) is 19.9 Å². The molecule has 8 heteroatoms. The van der Waals surface area contributed by atoms with Crippen molar-refractivity contribution in [2.75, 3.05) is 32.7 Å². The molecule has 0 aromatic heterocycles. The summed E-state index contributed by atoms with van der Waals surface area (Å²) < 4.78 is 0. The molecule has 2 aliphatic rings. The van der Waals surface area contributed by atoms with Crippen molar-refractivity contribution in [3.63, 3.8) is 0 Å². The van der Waals surface area contributed by atoms with Gasteiger partial charge in [-0.15, -0.1) is 0 Å². The number of hydrogen-bond acceptors (Lipinski definition) is 4. The highest BCUT2D eigenvalue weighted by Gasteiger charge is 2.30. The van der Waals surface area contributed by atoms with Crippen molar-refractivity contribution < 1.29 is 9.59 Å². The fourth-order valence-corrected chi connectivity index (χ4v) is 4.92. The summed E-state index contributed by atoms with van der Waals surface area (Å²) in [5.74, 6) is 0.179. The molecular formula is C28H34N6O2. The van der Waals surface area contributed by atoms with Crippen molar-refractivity contribution in [3.05, 3.63) is 71.8 Å². The topological polar surface area (TPSA) is 101 Å². The average Bonchev–Trinajstić information content (AvgIpc) is 3.40. The predicted molar refractivity (Wildman–Crippen MR) is 139 cm³/mol. The monoisotopic (exact) mass is 486 g/mol. The Kier molecular flexibility index (Phi) is 8.92. The number of guanidine groups is 1. The number of nitriles is 1. The van der Waals surface area contributed by atoms with Crippen LogP contribution in [0.15, 0.2) is 65.7 Å². The van der Waals surface area contributed by atoms with Crippen molar-refractivity contribution in [1.29, 1.82) is 5.26 Å². The van der Waals surface area contributed by atoms with Gasteiger partial charge in [-0.05, 0) is 43.2 Å². The summed E-state index contributed by atoms with van der Waals surface area (Å²) in [4.78, 5) is 34.2. The number of rotatable bonds is 7. The zero-order valence-electron chi connectivity index (χ0n) is 20.6. The Morgan fingerprint density at radius 3 is 2.19 bits per heavy atom. The van der Waals surface area contributed by atoms with E-state index < -0.39 is 6.04 Å². The summed E-state index contributed by atoms with van der Waals surface area (Å²) in [7, 11) is 0. The fourth-order valence-electron chi connectivity index (χ4n) is 4.92. The summed E-state index contributed by atoms with van der Waals surface area (Å²) >= 11 is 0.